The Morgan fingerprint density at radius 2 is 1.66 bits per heavy atom. The molecule has 1 fully saturated rings. The first-order valence-corrected chi connectivity index (χ1v) is 10.9. The summed E-state index contributed by atoms with van der Waals surface area (Å²) < 4.78 is 27.4. The van der Waals surface area contributed by atoms with E-state index in [9.17, 15) is 18.4 Å². The number of fused-ring (bicyclic) bond motifs is 1. The summed E-state index contributed by atoms with van der Waals surface area (Å²) in [6.45, 7) is 0.307. The number of benzene rings is 3. The van der Waals surface area contributed by atoms with Gasteiger partial charge in [0, 0.05) is 18.5 Å². The molecule has 0 unspecified atom stereocenters. The van der Waals surface area contributed by atoms with Gasteiger partial charge < -0.3 is 4.90 Å². The number of nitrogens with zero attached hydrogens (tertiary/aromatic N) is 1. The molecule has 1 heterocycles. The zero-order chi connectivity index (χ0) is 22.3. The van der Waals surface area contributed by atoms with Crippen molar-refractivity contribution in [3.63, 3.8) is 0 Å². The summed E-state index contributed by atoms with van der Waals surface area (Å²) in [5.74, 6) is -0.734. The maximum absolute atomic E-state index is 14.2. The van der Waals surface area contributed by atoms with Crippen LogP contribution in [-0.4, -0.2) is 11.7 Å². The Labute approximate surface area is 185 Å². The molecular formula is C27H23F2NO2. The van der Waals surface area contributed by atoms with E-state index in [-0.39, 0.29) is 29.2 Å². The number of ketones is 1. The van der Waals surface area contributed by atoms with Crippen LogP contribution in [0.5, 0.6) is 0 Å². The fourth-order valence-electron chi connectivity index (χ4n) is 5.39. The predicted molar refractivity (Wildman–Crippen MR) is 118 cm³/mol. The normalized spacial score (nSPS) is 22.4. The van der Waals surface area contributed by atoms with E-state index in [0.29, 0.717) is 32.2 Å². The molecule has 1 aliphatic heterocycles. The van der Waals surface area contributed by atoms with Crippen molar-refractivity contribution in [3.8, 4) is 0 Å². The van der Waals surface area contributed by atoms with Crippen LogP contribution in [0.3, 0.4) is 0 Å². The zero-order valence-corrected chi connectivity index (χ0v) is 17.6. The van der Waals surface area contributed by atoms with Crippen LogP contribution in [0.15, 0.2) is 72.8 Å². The van der Waals surface area contributed by atoms with Gasteiger partial charge in [-0.05, 0) is 65.8 Å². The number of para-hydroxylation sites is 1. The quantitative estimate of drug-likeness (QED) is 0.545. The maximum Gasteiger partial charge on any atom is 0.238 e. The maximum atomic E-state index is 14.2. The summed E-state index contributed by atoms with van der Waals surface area (Å²) in [5.41, 5.74) is 2.31. The second-order valence-corrected chi connectivity index (χ2v) is 8.79. The van der Waals surface area contributed by atoms with Crippen molar-refractivity contribution in [2.45, 2.75) is 37.6 Å². The van der Waals surface area contributed by atoms with Gasteiger partial charge in [0.05, 0.1) is 12.0 Å². The van der Waals surface area contributed by atoms with E-state index in [1.54, 1.807) is 23.1 Å². The van der Waals surface area contributed by atoms with E-state index >= 15 is 0 Å². The molecule has 2 atom stereocenters. The van der Waals surface area contributed by atoms with Gasteiger partial charge in [-0.2, -0.15) is 0 Å². The Kier molecular flexibility index (Phi) is 5.12. The Morgan fingerprint density at radius 1 is 0.875 bits per heavy atom. The molecule has 3 aromatic carbocycles. The van der Waals surface area contributed by atoms with Crippen molar-refractivity contribution < 1.29 is 18.4 Å². The van der Waals surface area contributed by atoms with Gasteiger partial charge in [-0.1, -0.05) is 42.5 Å². The molecule has 3 nitrogen and oxygen atoms in total. The number of Topliss-reactive ketones (excluding diaryl/α,β-unsaturated/α-hetero) is 1. The molecule has 1 amide bonds. The first-order chi connectivity index (χ1) is 15.5. The standard InChI is InChI=1S/C27H23F2NO2/c28-21-11-8-18(9-12-21)17-30-25-7-2-1-6-24(25)27(26(30)32,20-10-13-23(31)15-20)16-19-4-3-5-22(29)14-19/h1-9,11-12,14,20H,10,13,15-17H2/t20-,27-/m0/s1. The summed E-state index contributed by atoms with van der Waals surface area (Å²) >= 11 is 0. The fraction of sp³-hybridized carbons (Fsp3) is 0.259. The van der Waals surface area contributed by atoms with Crippen LogP contribution < -0.4 is 4.90 Å². The van der Waals surface area contributed by atoms with Gasteiger partial charge in [0.15, 0.2) is 0 Å². The highest BCUT2D eigenvalue weighted by molar-refractivity contribution is 6.09. The van der Waals surface area contributed by atoms with Gasteiger partial charge in [-0.3, -0.25) is 9.59 Å². The average molecular weight is 431 g/mol. The van der Waals surface area contributed by atoms with E-state index in [0.717, 1.165) is 22.4 Å². The molecule has 0 bridgehead atoms. The highest BCUT2D eigenvalue weighted by atomic mass is 19.1. The number of carbonyl (C=O) groups excluding carboxylic acids is 2. The molecule has 5 heteroatoms. The first-order valence-electron chi connectivity index (χ1n) is 10.9. The lowest BCUT2D eigenvalue weighted by Gasteiger charge is -2.34. The lowest BCUT2D eigenvalue weighted by molar-refractivity contribution is -0.125. The molecule has 0 N–H and O–H groups in total. The SMILES string of the molecule is O=C1CC[C@H]([C@]2(Cc3cccc(F)c3)C(=O)N(Cc3ccc(F)cc3)c3ccccc32)C1. The third-order valence-electron chi connectivity index (χ3n) is 6.87. The minimum atomic E-state index is -0.934. The number of hydrogen-bond acceptors (Lipinski definition) is 2. The van der Waals surface area contributed by atoms with E-state index < -0.39 is 5.41 Å². The predicted octanol–water partition coefficient (Wildman–Crippen LogP) is 5.36. The number of hydrogen-bond donors (Lipinski definition) is 0. The zero-order valence-electron chi connectivity index (χ0n) is 17.6. The Bertz CT molecular complexity index is 1190. The van der Waals surface area contributed by atoms with Crippen LogP contribution in [0, 0.1) is 17.6 Å². The molecular weight excluding hydrogens is 408 g/mol. The van der Waals surface area contributed by atoms with Crippen LogP contribution in [0.1, 0.15) is 36.0 Å². The molecule has 0 spiro atoms. The number of rotatable bonds is 5. The minimum Gasteiger partial charge on any atom is -0.307 e. The summed E-state index contributed by atoms with van der Waals surface area (Å²) in [5, 5.41) is 0. The number of anilines is 1. The molecule has 0 saturated heterocycles. The second kappa shape index (κ2) is 7.97. The molecule has 2 aliphatic rings. The molecule has 1 aliphatic carbocycles. The van der Waals surface area contributed by atoms with E-state index in [4.69, 9.17) is 0 Å². The Morgan fingerprint density at radius 3 is 2.38 bits per heavy atom. The van der Waals surface area contributed by atoms with Crippen LogP contribution in [0.2, 0.25) is 0 Å². The van der Waals surface area contributed by atoms with Crippen molar-refractivity contribution in [1.82, 2.24) is 0 Å². The van der Waals surface area contributed by atoms with Crippen LogP contribution >= 0.6 is 0 Å². The Balaban J connectivity index is 1.62. The van der Waals surface area contributed by atoms with Crippen molar-refractivity contribution in [2.24, 2.45) is 5.92 Å². The number of halogens is 2. The molecule has 0 aromatic heterocycles. The van der Waals surface area contributed by atoms with Gasteiger partial charge in [0.1, 0.15) is 17.4 Å². The fourth-order valence-corrected chi connectivity index (χ4v) is 5.39. The van der Waals surface area contributed by atoms with Crippen molar-refractivity contribution in [3.05, 3.63) is 101 Å². The molecule has 1 saturated carbocycles. The largest absolute Gasteiger partial charge is 0.307 e. The molecule has 5 rings (SSSR count). The van der Waals surface area contributed by atoms with E-state index in [1.165, 1.54) is 24.3 Å². The van der Waals surface area contributed by atoms with Crippen molar-refractivity contribution >= 4 is 17.4 Å². The summed E-state index contributed by atoms with van der Waals surface area (Å²) in [6.07, 6.45) is 1.78. The van der Waals surface area contributed by atoms with Crippen molar-refractivity contribution in [2.75, 3.05) is 4.90 Å². The van der Waals surface area contributed by atoms with Gasteiger partial charge in [-0.25, -0.2) is 8.78 Å². The monoisotopic (exact) mass is 431 g/mol. The third-order valence-corrected chi connectivity index (χ3v) is 6.87. The Hall–Kier alpha value is -3.34. The van der Waals surface area contributed by atoms with Crippen LogP contribution in [0.4, 0.5) is 14.5 Å². The lowest BCUT2D eigenvalue weighted by atomic mass is 9.66. The molecule has 3 aromatic rings. The van der Waals surface area contributed by atoms with Crippen molar-refractivity contribution in [1.29, 1.82) is 0 Å². The first kappa shape index (κ1) is 20.6. The molecule has 32 heavy (non-hydrogen) atoms. The summed E-state index contributed by atoms with van der Waals surface area (Å²) in [6, 6.07) is 20.1. The smallest absolute Gasteiger partial charge is 0.238 e. The van der Waals surface area contributed by atoms with E-state index in [2.05, 4.69) is 0 Å². The second-order valence-electron chi connectivity index (χ2n) is 8.79. The lowest BCUT2D eigenvalue weighted by Crippen LogP contribution is -2.46. The van der Waals surface area contributed by atoms with E-state index in [1.807, 2.05) is 30.3 Å². The topological polar surface area (TPSA) is 37.4 Å². The summed E-state index contributed by atoms with van der Waals surface area (Å²) in [7, 11) is 0. The van der Waals surface area contributed by atoms with Gasteiger partial charge in [-0.15, -0.1) is 0 Å². The third kappa shape index (κ3) is 3.42. The van der Waals surface area contributed by atoms with Gasteiger partial charge in [0.25, 0.3) is 0 Å². The molecule has 0 radical (unpaired) electrons. The van der Waals surface area contributed by atoms with Gasteiger partial charge in [0.2, 0.25) is 5.91 Å². The van der Waals surface area contributed by atoms with Gasteiger partial charge >= 0.3 is 0 Å². The minimum absolute atomic E-state index is 0.0769. The number of amides is 1. The highest BCUT2D eigenvalue weighted by Gasteiger charge is 2.56. The average Bonchev–Trinajstić information content (AvgIpc) is 3.32. The van der Waals surface area contributed by atoms with Crippen LogP contribution in [-0.2, 0) is 28.0 Å². The van der Waals surface area contributed by atoms with Crippen LogP contribution in [0.25, 0.3) is 0 Å². The number of carbonyl (C=O) groups is 2. The summed E-state index contributed by atoms with van der Waals surface area (Å²) in [4.78, 5) is 28.2. The highest BCUT2D eigenvalue weighted by Crippen LogP contribution is 2.52. The molecule has 162 valence electrons.